The zero-order valence-electron chi connectivity index (χ0n) is 11.5. The van der Waals surface area contributed by atoms with Gasteiger partial charge in [0.2, 0.25) is 11.6 Å². The summed E-state index contributed by atoms with van der Waals surface area (Å²) < 4.78 is 0. The van der Waals surface area contributed by atoms with Crippen molar-refractivity contribution in [3.63, 3.8) is 0 Å². The van der Waals surface area contributed by atoms with Crippen LogP contribution in [0.15, 0.2) is 24.8 Å². The Bertz CT molecular complexity index is 447. The Hall–Kier alpha value is -2.06. The predicted octanol–water partition coefficient (Wildman–Crippen LogP) is 3.23. The summed E-state index contributed by atoms with van der Waals surface area (Å²) in [5.41, 5.74) is 0. The second-order valence-electron chi connectivity index (χ2n) is 4.04. The van der Waals surface area contributed by atoms with Gasteiger partial charge < -0.3 is 0 Å². The lowest BCUT2D eigenvalue weighted by Crippen LogP contribution is -1.86. The first kappa shape index (κ1) is 16.9. The molecule has 19 heavy (non-hydrogen) atoms. The number of unbranched alkanes of at least 4 members (excludes halogenated alkanes) is 5. The van der Waals surface area contributed by atoms with Crippen molar-refractivity contribution in [2.75, 3.05) is 0 Å². The van der Waals surface area contributed by atoms with E-state index in [4.69, 9.17) is 0 Å². The van der Waals surface area contributed by atoms with Crippen molar-refractivity contribution in [1.29, 1.82) is 0 Å². The Morgan fingerprint density at radius 2 is 1.63 bits per heavy atom. The van der Waals surface area contributed by atoms with Crippen molar-refractivity contribution in [3.05, 3.63) is 24.8 Å². The number of allylic oxidation sites excluding steroid dienone is 3. The Morgan fingerprint density at radius 3 is 2.26 bits per heavy atom. The zero-order chi connectivity index (χ0) is 14.3. The molecule has 0 amide bonds. The Balaban J connectivity index is 3.84. The molecular formula is C17H20O2. The van der Waals surface area contributed by atoms with E-state index in [0.29, 0.717) is 0 Å². The van der Waals surface area contributed by atoms with E-state index in [1.54, 1.807) is 0 Å². The van der Waals surface area contributed by atoms with Crippen LogP contribution in [0.1, 0.15) is 45.4 Å². The molecule has 0 aliphatic carbocycles. The molecule has 0 saturated heterocycles. The molecule has 0 saturated carbocycles. The number of rotatable bonds is 8. The summed E-state index contributed by atoms with van der Waals surface area (Å²) in [6.45, 7) is 5.46. The van der Waals surface area contributed by atoms with Gasteiger partial charge in [0.1, 0.15) is 0 Å². The lowest BCUT2D eigenvalue weighted by atomic mass is 10.1. The van der Waals surface area contributed by atoms with E-state index in [1.165, 1.54) is 31.8 Å². The first-order valence-electron chi connectivity index (χ1n) is 6.59. The smallest absolute Gasteiger partial charge is 0.229 e. The van der Waals surface area contributed by atoms with Crippen LogP contribution in [0.25, 0.3) is 0 Å². The van der Waals surface area contributed by atoms with Crippen LogP contribution in [0.3, 0.4) is 0 Å². The third-order valence-corrected chi connectivity index (χ3v) is 2.36. The molecule has 0 rings (SSSR count). The van der Waals surface area contributed by atoms with Crippen LogP contribution >= 0.6 is 0 Å². The standard InChI is InChI=1S/C17H20O2/c1-3-5-6-7-8-9-10-14-17(19)15-12-11-13-16(18)4-2/h4,10,14H,2-3,5-9H2,1H3. The minimum absolute atomic E-state index is 0.283. The largest absolute Gasteiger partial charge is 0.280 e. The monoisotopic (exact) mass is 256 g/mol. The fourth-order valence-corrected chi connectivity index (χ4v) is 1.33. The van der Waals surface area contributed by atoms with Gasteiger partial charge >= 0.3 is 0 Å². The molecule has 0 unspecified atom stereocenters. The van der Waals surface area contributed by atoms with Gasteiger partial charge in [-0.2, -0.15) is 0 Å². The predicted molar refractivity (Wildman–Crippen MR) is 78.3 cm³/mol. The average Bonchev–Trinajstić information content (AvgIpc) is 2.42. The van der Waals surface area contributed by atoms with E-state index in [2.05, 4.69) is 37.2 Å². The number of hydrogen-bond donors (Lipinski definition) is 0. The van der Waals surface area contributed by atoms with Crippen molar-refractivity contribution in [2.24, 2.45) is 0 Å². The van der Waals surface area contributed by atoms with Crippen LogP contribution in [0.2, 0.25) is 0 Å². The highest BCUT2D eigenvalue weighted by Gasteiger charge is 1.89. The van der Waals surface area contributed by atoms with Gasteiger partial charge in [-0.05, 0) is 48.7 Å². The SMILES string of the molecule is C=CC(=O)C#CC#CC(=O)C=CCCCCCCC. The third-order valence-electron chi connectivity index (χ3n) is 2.36. The maximum Gasteiger partial charge on any atom is 0.229 e. The van der Waals surface area contributed by atoms with Crippen LogP contribution in [0.5, 0.6) is 0 Å². The number of ketones is 2. The summed E-state index contributed by atoms with van der Waals surface area (Å²) >= 11 is 0. The van der Waals surface area contributed by atoms with Gasteiger partial charge in [0.15, 0.2) is 0 Å². The van der Waals surface area contributed by atoms with E-state index in [0.717, 1.165) is 18.9 Å². The van der Waals surface area contributed by atoms with Crippen LogP contribution < -0.4 is 0 Å². The second-order valence-corrected chi connectivity index (χ2v) is 4.04. The number of carbonyl (C=O) groups is 2. The highest BCUT2D eigenvalue weighted by atomic mass is 16.1. The molecule has 0 aliphatic heterocycles. The fourth-order valence-electron chi connectivity index (χ4n) is 1.33. The molecule has 0 radical (unpaired) electrons. The summed E-state index contributed by atoms with van der Waals surface area (Å²) in [6.07, 6.45) is 11.4. The van der Waals surface area contributed by atoms with Gasteiger partial charge in [-0.3, -0.25) is 9.59 Å². The van der Waals surface area contributed by atoms with E-state index in [-0.39, 0.29) is 5.78 Å². The van der Waals surface area contributed by atoms with Crippen molar-refractivity contribution >= 4 is 11.6 Å². The van der Waals surface area contributed by atoms with Crippen molar-refractivity contribution in [2.45, 2.75) is 45.4 Å². The second kappa shape index (κ2) is 12.4. The summed E-state index contributed by atoms with van der Waals surface area (Å²) in [4.78, 5) is 22.0. The van der Waals surface area contributed by atoms with E-state index < -0.39 is 5.78 Å². The van der Waals surface area contributed by atoms with Crippen molar-refractivity contribution in [1.82, 2.24) is 0 Å². The molecule has 0 aromatic rings. The summed E-state index contributed by atoms with van der Waals surface area (Å²) in [5, 5.41) is 0. The zero-order valence-corrected chi connectivity index (χ0v) is 11.5. The molecule has 100 valence electrons. The number of hydrogen-bond acceptors (Lipinski definition) is 2. The average molecular weight is 256 g/mol. The molecule has 0 N–H and O–H groups in total. The van der Waals surface area contributed by atoms with Gasteiger partial charge in [0.25, 0.3) is 0 Å². The highest BCUT2D eigenvalue weighted by Crippen LogP contribution is 2.05. The lowest BCUT2D eigenvalue weighted by Gasteiger charge is -1.95. The molecule has 0 heterocycles. The van der Waals surface area contributed by atoms with Gasteiger partial charge in [-0.1, -0.05) is 45.3 Å². The maximum atomic E-state index is 11.3. The fraction of sp³-hybridized carbons (Fsp3) is 0.412. The minimum Gasteiger partial charge on any atom is -0.280 e. The Labute approximate surface area is 116 Å². The number of carbonyl (C=O) groups excluding carboxylic acids is 2. The van der Waals surface area contributed by atoms with Gasteiger partial charge in [-0.15, -0.1) is 0 Å². The van der Waals surface area contributed by atoms with E-state index in [1.807, 2.05) is 6.08 Å². The Morgan fingerprint density at radius 1 is 1.00 bits per heavy atom. The Kier molecular flexibility index (Phi) is 11.1. The minimum atomic E-state index is -0.399. The molecule has 2 heteroatoms. The topological polar surface area (TPSA) is 34.1 Å². The molecule has 0 fully saturated rings. The highest BCUT2D eigenvalue weighted by molar-refractivity contribution is 6.06. The van der Waals surface area contributed by atoms with Gasteiger partial charge in [0.05, 0.1) is 0 Å². The molecule has 0 aromatic carbocycles. The molecule has 0 bridgehead atoms. The molecule has 0 atom stereocenters. The van der Waals surface area contributed by atoms with E-state index in [9.17, 15) is 9.59 Å². The maximum absolute atomic E-state index is 11.3. The quantitative estimate of drug-likeness (QED) is 0.289. The van der Waals surface area contributed by atoms with Gasteiger partial charge in [0, 0.05) is 0 Å². The first-order valence-corrected chi connectivity index (χ1v) is 6.59. The van der Waals surface area contributed by atoms with Crippen LogP contribution in [-0.2, 0) is 9.59 Å². The summed E-state index contributed by atoms with van der Waals surface area (Å²) in [7, 11) is 0. The molecule has 2 nitrogen and oxygen atoms in total. The normalized spacial score (nSPS) is 9.11. The van der Waals surface area contributed by atoms with Crippen LogP contribution in [0, 0.1) is 23.7 Å². The van der Waals surface area contributed by atoms with Gasteiger partial charge in [-0.25, -0.2) is 0 Å². The molecular weight excluding hydrogens is 236 g/mol. The van der Waals surface area contributed by atoms with Crippen molar-refractivity contribution in [3.8, 4) is 23.7 Å². The summed E-state index contributed by atoms with van der Waals surface area (Å²) in [6, 6.07) is 0. The third kappa shape index (κ3) is 12.2. The van der Waals surface area contributed by atoms with Crippen LogP contribution in [0.4, 0.5) is 0 Å². The molecule has 0 aliphatic rings. The van der Waals surface area contributed by atoms with Crippen LogP contribution in [-0.4, -0.2) is 11.6 Å². The molecule has 0 spiro atoms. The van der Waals surface area contributed by atoms with E-state index >= 15 is 0 Å². The lowest BCUT2D eigenvalue weighted by molar-refractivity contribution is -0.110. The van der Waals surface area contributed by atoms with Crippen molar-refractivity contribution < 1.29 is 9.59 Å². The molecule has 0 aromatic heterocycles. The first-order chi connectivity index (χ1) is 9.20. The summed E-state index contributed by atoms with van der Waals surface area (Å²) in [5.74, 6) is 8.53.